The molecule has 0 bridgehead atoms. The first kappa shape index (κ1) is 14.9. The van der Waals surface area contributed by atoms with Crippen LogP contribution in [-0.2, 0) is 6.61 Å². The Morgan fingerprint density at radius 3 is 2.90 bits per heavy atom. The van der Waals surface area contributed by atoms with E-state index in [-0.39, 0.29) is 12.6 Å². The van der Waals surface area contributed by atoms with Crippen LogP contribution in [0.15, 0.2) is 16.6 Å². The Kier molecular flexibility index (Phi) is 5.08. The van der Waals surface area contributed by atoms with Gasteiger partial charge in [-0.3, -0.25) is 0 Å². The number of aliphatic hydroxyl groups excluding tert-OH is 1. The van der Waals surface area contributed by atoms with Crippen molar-refractivity contribution >= 4 is 22.0 Å². The summed E-state index contributed by atoms with van der Waals surface area (Å²) in [6, 6.07) is 3.44. The maximum Gasteiger partial charge on any atom is 0.317 e. The molecule has 2 amide bonds. The van der Waals surface area contributed by atoms with Crippen LogP contribution in [0.25, 0.3) is 0 Å². The second-order valence-electron chi connectivity index (χ2n) is 4.33. The molecule has 1 saturated heterocycles. The predicted molar refractivity (Wildman–Crippen MR) is 77.1 cm³/mol. The lowest BCUT2D eigenvalue weighted by molar-refractivity contribution is 0.200. The molecule has 6 nitrogen and oxygen atoms in total. The number of hydrogen-bond donors (Lipinski definition) is 2. The summed E-state index contributed by atoms with van der Waals surface area (Å²) < 4.78 is 11.7. The Hall–Kier alpha value is -1.47. The number of hydrogen-bond acceptors (Lipinski definition) is 4. The van der Waals surface area contributed by atoms with Crippen LogP contribution in [0.2, 0.25) is 0 Å². The maximum atomic E-state index is 11.4. The minimum atomic E-state index is -0.0663. The number of rotatable bonds is 6. The van der Waals surface area contributed by atoms with Crippen LogP contribution < -0.4 is 14.8 Å². The Labute approximate surface area is 125 Å². The molecule has 0 radical (unpaired) electrons. The molecule has 7 heteroatoms. The van der Waals surface area contributed by atoms with Crippen molar-refractivity contribution in [3.8, 4) is 11.5 Å². The lowest BCUT2D eigenvalue weighted by Gasteiger charge is -2.17. The Morgan fingerprint density at radius 1 is 1.50 bits per heavy atom. The van der Waals surface area contributed by atoms with E-state index >= 15 is 0 Å². The van der Waals surface area contributed by atoms with Crippen LogP contribution in [-0.4, -0.2) is 49.4 Å². The van der Waals surface area contributed by atoms with Crippen molar-refractivity contribution < 1.29 is 19.4 Å². The van der Waals surface area contributed by atoms with E-state index in [9.17, 15) is 4.79 Å². The molecular weight excluding hydrogens is 328 g/mol. The summed E-state index contributed by atoms with van der Waals surface area (Å²) in [5.74, 6) is 1.12. The van der Waals surface area contributed by atoms with Crippen LogP contribution in [0.4, 0.5) is 4.79 Å². The monoisotopic (exact) mass is 344 g/mol. The van der Waals surface area contributed by atoms with Gasteiger partial charge in [0, 0.05) is 13.1 Å². The zero-order valence-corrected chi connectivity index (χ0v) is 12.8. The second-order valence-corrected chi connectivity index (χ2v) is 5.19. The summed E-state index contributed by atoms with van der Waals surface area (Å²) in [4.78, 5) is 13.1. The number of halogens is 1. The predicted octanol–water partition coefficient (Wildman–Crippen LogP) is 1.35. The SMILES string of the molecule is COc1cc(CO)cc(Br)c1OCCN1CCNC1=O. The molecule has 1 aliphatic heterocycles. The normalized spacial score (nSPS) is 14.3. The molecule has 0 unspecified atom stereocenters. The van der Waals surface area contributed by atoms with Gasteiger partial charge in [-0.1, -0.05) is 0 Å². The number of nitrogens with zero attached hydrogens (tertiary/aromatic N) is 1. The summed E-state index contributed by atoms with van der Waals surface area (Å²) in [7, 11) is 1.55. The van der Waals surface area contributed by atoms with Crippen LogP contribution in [0.5, 0.6) is 11.5 Å². The summed E-state index contributed by atoms with van der Waals surface area (Å²) in [5, 5.41) is 11.9. The molecule has 0 spiro atoms. The van der Waals surface area contributed by atoms with Crippen molar-refractivity contribution in [1.29, 1.82) is 0 Å². The molecule has 1 aliphatic rings. The number of carbonyl (C=O) groups excluding carboxylic acids is 1. The summed E-state index contributed by atoms with van der Waals surface area (Å²) >= 11 is 3.40. The van der Waals surface area contributed by atoms with Gasteiger partial charge >= 0.3 is 6.03 Å². The zero-order chi connectivity index (χ0) is 14.5. The summed E-state index contributed by atoms with van der Waals surface area (Å²) in [6.07, 6.45) is 0. The highest BCUT2D eigenvalue weighted by molar-refractivity contribution is 9.10. The van der Waals surface area contributed by atoms with E-state index < -0.39 is 0 Å². The number of nitrogens with one attached hydrogen (secondary N) is 1. The number of benzene rings is 1. The van der Waals surface area contributed by atoms with Gasteiger partial charge in [-0.2, -0.15) is 0 Å². The van der Waals surface area contributed by atoms with Gasteiger partial charge in [0.25, 0.3) is 0 Å². The highest BCUT2D eigenvalue weighted by Gasteiger charge is 2.19. The lowest BCUT2D eigenvalue weighted by Crippen LogP contribution is -2.31. The lowest BCUT2D eigenvalue weighted by atomic mass is 10.2. The van der Waals surface area contributed by atoms with Gasteiger partial charge < -0.3 is 24.8 Å². The molecule has 2 rings (SSSR count). The zero-order valence-electron chi connectivity index (χ0n) is 11.2. The Morgan fingerprint density at radius 2 is 2.30 bits per heavy atom. The van der Waals surface area contributed by atoms with Crippen molar-refractivity contribution in [2.24, 2.45) is 0 Å². The van der Waals surface area contributed by atoms with E-state index in [1.165, 1.54) is 0 Å². The number of methoxy groups -OCH3 is 1. The molecule has 1 fully saturated rings. The molecule has 110 valence electrons. The van der Waals surface area contributed by atoms with Crippen molar-refractivity contribution in [1.82, 2.24) is 10.2 Å². The minimum Gasteiger partial charge on any atom is -0.493 e. The van der Waals surface area contributed by atoms with E-state index in [0.717, 1.165) is 5.56 Å². The van der Waals surface area contributed by atoms with Gasteiger partial charge in [0.2, 0.25) is 0 Å². The molecular formula is C13H17BrN2O4. The number of urea groups is 1. The first-order valence-electron chi connectivity index (χ1n) is 6.28. The van der Waals surface area contributed by atoms with Crippen LogP contribution in [0, 0.1) is 0 Å². The van der Waals surface area contributed by atoms with Gasteiger partial charge in [-0.25, -0.2) is 4.79 Å². The molecule has 0 saturated carbocycles. The van der Waals surface area contributed by atoms with Crippen molar-refractivity contribution in [3.63, 3.8) is 0 Å². The van der Waals surface area contributed by atoms with Crippen LogP contribution in [0.1, 0.15) is 5.56 Å². The molecule has 0 aliphatic carbocycles. The average Bonchev–Trinajstić information content (AvgIpc) is 2.85. The second kappa shape index (κ2) is 6.81. The van der Waals surface area contributed by atoms with E-state index in [0.29, 0.717) is 42.2 Å². The molecule has 0 atom stereocenters. The average molecular weight is 345 g/mol. The fourth-order valence-corrected chi connectivity index (χ4v) is 2.59. The third-order valence-electron chi connectivity index (χ3n) is 3.02. The van der Waals surface area contributed by atoms with Gasteiger partial charge in [0.05, 0.1) is 24.7 Å². The number of aliphatic hydroxyl groups is 1. The van der Waals surface area contributed by atoms with Crippen molar-refractivity contribution in [2.45, 2.75) is 6.61 Å². The van der Waals surface area contributed by atoms with Crippen LogP contribution >= 0.6 is 15.9 Å². The minimum absolute atomic E-state index is 0.0599. The third-order valence-corrected chi connectivity index (χ3v) is 3.61. The standard InChI is InChI=1S/C13H17BrN2O4/c1-19-11-7-9(8-17)6-10(14)12(11)20-5-4-16-3-2-15-13(16)18/h6-7,17H,2-5,8H2,1H3,(H,15,18). The molecule has 1 heterocycles. The van der Waals surface area contributed by atoms with E-state index in [2.05, 4.69) is 21.2 Å². The summed E-state index contributed by atoms with van der Waals surface area (Å²) in [5.41, 5.74) is 0.736. The highest BCUT2D eigenvalue weighted by Crippen LogP contribution is 2.36. The molecule has 1 aromatic carbocycles. The number of ether oxygens (including phenoxy) is 2. The maximum absolute atomic E-state index is 11.4. The fourth-order valence-electron chi connectivity index (χ4n) is 1.99. The number of amides is 2. The first-order valence-corrected chi connectivity index (χ1v) is 7.08. The van der Waals surface area contributed by atoms with Crippen LogP contribution in [0.3, 0.4) is 0 Å². The smallest absolute Gasteiger partial charge is 0.317 e. The number of carbonyl (C=O) groups is 1. The van der Waals surface area contributed by atoms with E-state index in [1.54, 1.807) is 24.1 Å². The Bertz CT molecular complexity index is 496. The fraction of sp³-hybridized carbons (Fsp3) is 0.462. The van der Waals surface area contributed by atoms with Gasteiger partial charge in [0.1, 0.15) is 6.61 Å². The Balaban J connectivity index is 1.99. The highest BCUT2D eigenvalue weighted by atomic mass is 79.9. The summed E-state index contributed by atoms with van der Waals surface area (Å²) in [6.45, 7) is 2.20. The van der Waals surface area contributed by atoms with E-state index in [1.807, 2.05) is 0 Å². The van der Waals surface area contributed by atoms with Crippen molar-refractivity contribution in [2.75, 3.05) is 33.4 Å². The quantitative estimate of drug-likeness (QED) is 0.817. The van der Waals surface area contributed by atoms with Crippen molar-refractivity contribution in [3.05, 3.63) is 22.2 Å². The first-order chi connectivity index (χ1) is 9.65. The molecule has 1 aromatic rings. The largest absolute Gasteiger partial charge is 0.493 e. The van der Waals surface area contributed by atoms with Gasteiger partial charge in [0.15, 0.2) is 11.5 Å². The van der Waals surface area contributed by atoms with Gasteiger partial charge in [-0.15, -0.1) is 0 Å². The molecule has 2 N–H and O–H groups in total. The topological polar surface area (TPSA) is 71.0 Å². The van der Waals surface area contributed by atoms with E-state index in [4.69, 9.17) is 14.6 Å². The molecule has 20 heavy (non-hydrogen) atoms. The molecule has 0 aromatic heterocycles. The third kappa shape index (κ3) is 3.34. The van der Waals surface area contributed by atoms with Gasteiger partial charge in [-0.05, 0) is 33.6 Å².